The molecular weight excluding hydrogens is 483 g/mol. The molecule has 1 N–H and O–H groups in total. The number of hydrogen-bond acceptors (Lipinski definition) is 4. The monoisotopic (exact) mass is 511 g/mol. The van der Waals surface area contributed by atoms with Crippen LogP contribution in [0.15, 0.2) is 46.1 Å². The Morgan fingerprint density at radius 2 is 1.80 bits per heavy atom. The lowest BCUT2D eigenvalue weighted by molar-refractivity contribution is -0.138. The summed E-state index contributed by atoms with van der Waals surface area (Å²) in [5.41, 5.74) is -1.29. The predicted molar refractivity (Wildman–Crippen MR) is 124 cm³/mol. The molecule has 2 aliphatic heterocycles. The van der Waals surface area contributed by atoms with Crippen LogP contribution >= 0.6 is 0 Å². The van der Waals surface area contributed by atoms with E-state index in [9.17, 15) is 31.2 Å². The minimum Gasteiger partial charge on any atom is -0.342 e. The maximum absolute atomic E-state index is 13.2. The van der Waals surface area contributed by atoms with Gasteiger partial charge in [0, 0.05) is 37.7 Å². The van der Waals surface area contributed by atoms with Crippen molar-refractivity contribution in [3.63, 3.8) is 0 Å². The molecule has 0 saturated carbocycles. The summed E-state index contributed by atoms with van der Waals surface area (Å²) < 4.78 is 68.2. The second-order valence-electron chi connectivity index (χ2n) is 10.6. The number of rotatable bonds is 4. The van der Waals surface area contributed by atoms with Crippen molar-refractivity contribution in [2.45, 2.75) is 57.1 Å². The van der Waals surface area contributed by atoms with Crippen LogP contribution in [-0.2, 0) is 27.5 Å². The maximum Gasteiger partial charge on any atom is 0.416 e. The Morgan fingerprint density at radius 1 is 1.09 bits per heavy atom. The fraction of sp³-hybridized carbons (Fsp3) is 0.500. The number of aromatic nitrogens is 1. The Balaban J connectivity index is 1.59. The van der Waals surface area contributed by atoms with Crippen LogP contribution in [-0.4, -0.2) is 36.9 Å². The summed E-state index contributed by atoms with van der Waals surface area (Å²) >= 11 is 0. The van der Waals surface area contributed by atoms with Crippen LogP contribution in [0.5, 0.6) is 0 Å². The average Bonchev–Trinajstić information content (AvgIpc) is 2.74. The number of hydrogen-bond donors (Lipinski definition) is 1. The number of likely N-dealkylation sites (tertiary alicyclic amines) is 1. The predicted octanol–water partition coefficient (Wildman–Crippen LogP) is 4.05. The Labute approximate surface area is 202 Å². The smallest absolute Gasteiger partial charge is 0.342 e. The first-order chi connectivity index (χ1) is 16.1. The van der Waals surface area contributed by atoms with Gasteiger partial charge in [-0.2, -0.15) is 13.2 Å². The van der Waals surface area contributed by atoms with Crippen molar-refractivity contribution in [3.05, 3.63) is 58.0 Å². The van der Waals surface area contributed by atoms with Gasteiger partial charge in [-0.1, -0.05) is 26.8 Å². The third-order valence-electron chi connectivity index (χ3n) is 6.35. The number of sulfonamides is 1. The van der Waals surface area contributed by atoms with Crippen LogP contribution < -0.4 is 10.3 Å². The largest absolute Gasteiger partial charge is 0.416 e. The topological polar surface area (TPSA) is 88.5 Å². The van der Waals surface area contributed by atoms with Crippen molar-refractivity contribution < 1.29 is 26.4 Å². The van der Waals surface area contributed by atoms with Gasteiger partial charge < -0.3 is 9.47 Å². The minimum absolute atomic E-state index is 0.0479. The molecule has 2 aliphatic rings. The van der Waals surface area contributed by atoms with E-state index >= 15 is 0 Å². The number of carbonyl (C=O) groups excluding carboxylic acids is 1. The SMILES string of the molecule is CC(C)(C)CC(=O)N1CC2CC(C1)c1ccc(NS(=O)(=O)c3cccc(C(F)(F)F)c3)c(=O)n1C2. The van der Waals surface area contributed by atoms with Crippen LogP contribution in [0, 0.1) is 11.3 Å². The summed E-state index contributed by atoms with van der Waals surface area (Å²) in [6.07, 6.45) is -3.44. The number of nitrogens with zero attached hydrogens (tertiary/aromatic N) is 2. The van der Waals surface area contributed by atoms with Crippen LogP contribution in [0.4, 0.5) is 18.9 Å². The molecule has 2 aromatic rings. The molecule has 2 bridgehead atoms. The summed E-state index contributed by atoms with van der Waals surface area (Å²) in [6.45, 7) is 7.37. The van der Waals surface area contributed by atoms with Gasteiger partial charge in [0.2, 0.25) is 5.91 Å². The van der Waals surface area contributed by atoms with Crippen LogP contribution in [0.2, 0.25) is 0 Å². The number of nitrogens with one attached hydrogen (secondary N) is 1. The lowest BCUT2D eigenvalue weighted by atomic mass is 9.82. The lowest BCUT2D eigenvalue weighted by Gasteiger charge is -2.43. The fourth-order valence-corrected chi connectivity index (χ4v) is 5.94. The highest BCUT2D eigenvalue weighted by atomic mass is 32.2. The highest BCUT2D eigenvalue weighted by Gasteiger charge is 2.37. The lowest BCUT2D eigenvalue weighted by Crippen LogP contribution is -2.49. The van der Waals surface area contributed by atoms with E-state index < -0.39 is 32.2 Å². The van der Waals surface area contributed by atoms with Gasteiger partial charge in [0.05, 0.1) is 10.5 Å². The first-order valence-corrected chi connectivity index (χ1v) is 12.8. The number of halogens is 3. The molecule has 4 rings (SSSR count). The van der Waals surface area contributed by atoms with Crippen LogP contribution in [0.1, 0.15) is 50.8 Å². The average molecular weight is 512 g/mol. The number of amides is 1. The third kappa shape index (κ3) is 5.39. The molecular formula is C24H28F3N3O4S. The number of pyridine rings is 1. The second-order valence-corrected chi connectivity index (χ2v) is 12.2. The van der Waals surface area contributed by atoms with E-state index in [1.54, 1.807) is 6.07 Å². The zero-order valence-electron chi connectivity index (χ0n) is 19.7. The van der Waals surface area contributed by atoms with Crippen molar-refractivity contribution in [1.82, 2.24) is 9.47 Å². The van der Waals surface area contributed by atoms with E-state index in [2.05, 4.69) is 4.72 Å². The van der Waals surface area contributed by atoms with Crippen LogP contribution in [0.25, 0.3) is 0 Å². The molecule has 3 heterocycles. The van der Waals surface area contributed by atoms with Gasteiger partial charge in [-0.25, -0.2) is 8.42 Å². The van der Waals surface area contributed by atoms with Gasteiger partial charge in [-0.3, -0.25) is 14.3 Å². The molecule has 0 radical (unpaired) electrons. The van der Waals surface area contributed by atoms with E-state index in [0.29, 0.717) is 32.1 Å². The van der Waals surface area contributed by atoms with Gasteiger partial charge in [0.25, 0.3) is 15.6 Å². The molecule has 7 nitrogen and oxygen atoms in total. The van der Waals surface area contributed by atoms with E-state index in [0.717, 1.165) is 30.3 Å². The van der Waals surface area contributed by atoms with Gasteiger partial charge in [0.1, 0.15) is 5.69 Å². The molecule has 35 heavy (non-hydrogen) atoms. The van der Waals surface area contributed by atoms with E-state index in [1.165, 1.54) is 10.6 Å². The molecule has 1 fully saturated rings. The molecule has 2 atom stereocenters. The highest BCUT2D eigenvalue weighted by molar-refractivity contribution is 7.92. The van der Waals surface area contributed by atoms with Crippen molar-refractivity contribution in [1.29, 1.82) is 0 Å². The molecule has 0 aliphatic carbocycles. The van der Waals surface area contributed by atoms with Crippen molar-refractivity contribution in [2.24, 2.45) is 11.3 Å². The normalized spacial score (nSPS) is 20.3. The first kappa shape index (κ1) is 25.3. The Hall–Kier alpha value is -2.82. The third-order valence-corrected chi connectivity index (χ3v) is 7.72. The van der Waals surface area contributed by atoms with Gasteiger partial charge >= 0.3 is 6.18 Å². The fourth-order valence-electron chi connectivity index (χ4n) is 4.84. The zero-order chi connectivity index (χ0) is 25.8. The Morgan fingerprint density at radius 3 is 2.46 bits per heavy atom. The minimum atomic E-state index is -4.70. The van der Waals surface area contributed by atoms with Crippen molar-refractivity contribution >= 4 is 21.6 Å². The van der Waals surface area contributed by atoms with Gasteiger partial charge in [0.15, 0.2) is 0 Å². The summed E-state index contributed by atoms with van der Waals surface area (Å²) in [5.74, 6) is 0.0832. The second kappa shape index (κ2) is 8.69. The molecule has 2 unspecified atom stereocenters. The maximum atomic E-state index is 13.2. The van der Waals surface area contributed by atoms with Crippen LogP contribution in [0.3, 0.4) is 0 Å². The highest BCUT2D eigenvalue weighted by Crippen LogP contribution is 2.36. The number of anilines is 1. The molecule has 190 valence electrons. The zero-order valence-corrected chi connectivity index (χ0v) is 20.5. The Bertz CT molecular complexity index is 1310. The van der Waals surface area contributed by atoms with Gasteiger partial charge in [-0.15, -0.1) is 0 Å². The summed E-state index contributed by atoms with van der Waals surface area (Å²) in [6, 6.07) is 6.36. The van der Waals surface area contributed by atoms with Gasteiger partial charge in [-0.05, 0) is 48.1 Å². The number of fused-ring (bicyclic) bond motifs is 4. The molecule has 1 amide bonds. The number of benzene rings is 1. The molecule has 11 heteroatoms. The van der Waals surface area contributed by atoms with E-state index in [-0.39, 0.29) is 28.8 Å². The van der Waals surface area contributed by atoms with Crippen molar-refractivity contribution in [3.8, 4) is 0 Å². The Kier molecular flexibility index (Phi) is 6.27. The molecule has 1 saturated heterocycles. The molecule has 1 aromatic carbocycles. The summed E-state index contributed by atoms with van der Waals surface area (Å²) in [5, 5.41) is 0. The number of alkyl halides is 3. The molecule has 0 spiro atoms. The number of piperidine rings is 1. The first-order valence-electron chi connectivity index (χ1n) is 11.4. The standard InChI is InChI=1S/C24H28F3N3O4S/c1-23(2,3)11-21(31)29-12-15-9-16(14-29)20-8-7-19(22(32)30(20)13-15)28-35(33,34)18-6-4-5-17(10-18)24(25,26)27/h4-8,10,15-16,28H,9,11-14H2,1-3H3. The summed E-state index contributed by atoms with van der Waals surface area (Å²) in [7, 11) is -4.42. The summed E-state index contributed by atoms with van der Waals surface area (Å²) in [4.78, 5) is 27.2. The quantitative estimate of drug-likeness (QED) is 0.671. The van der Waals surface area contributed by atoms with Crippen molar-refractivity contribution in [2.75, 3.05) is 17.8 Å². The number of carbonyl (C=O) groups is 1. The van der Waals surface area contributed by atoms with E-state index in [4.69, 9.17) is 0 Å². The van der Waals surface area contributed by atoms with E-state index in [1.807, 2.05) is 25.7 Å². The molecule has 1 aromatic heterocycles.